The van der Waals surface area contributed by atoms with Gasteiger partial charge in [0.25, 0.3) is 11.6 Å². The highest BCUT2D eigenvalue weighted by Crippen LogP contribution is 2.25. The van der Waals surface area contributed by atoms with Gasteiger partial charge in [-0.05, 0) is 25.0 Å². The molecule has 0 saturated carbocycles. The fraction of sp³-hybridized carbons (Fsp3) is 0.417. The van der Waals surface area contributed by atoms with Crippen molar-refractivity contribution in [2.45, 2.75) is 18.9 Å². The van der Waals surface area contributed by atoms with Crippen LogP contribution in [-0.4, -0.2) is 34.9 Å². The lowest BCUT2D eigenvalue weighted by Crippen LogP contribution is -2.39. The van der Waals surface area contributed by atoms with Gasteiger partial charge in [0.05, 0.1) is 4.92 Å². The molecule has 1 aromatic carbocycles. The van der Waals surface area contributed by atoms with Gasteiger partial charge < -0.3 is 16.4 Å². The number of carbonyl (C=O) groups is 1. The van der Waals surface area contributed by atoms with Crippen molar-refractivity contribution in [3.8, 4) is 0 Å². The Morgan fingerprint density at radius 2 is 2.20 bits per heavy atom. The molecule has 8 heteroatoms. The molecule has 110 valence electrons. The van der Waals surface area contributed by atoms with Gasteiger partial charge in [0.2, 0.25) is 0 Å². The SMILES string of the molecule is Cl.NCC1CCCN1C(=O)c1ccc(N)c([N+](=O)[O-])c1. The number of anilines is 1. The van der Waals surface area contributed by atoms with E-state index in [1.54, 1.807) is 4.90 Å². The van der Waals surface area contributed by atoms with Crippen LogP contribution < -0.4 is 11.5 Å². The fourth-order valence-electron chi connectivity index (χ4n) is 2.35. The van der Waals surface area contributed by atoms with E-state index in [4.69, 9.17) is 11.5 Å². The van der Waals surface area contributed by atoms with Crippen molar-refractivity contribution in [1.29, 1.82) is 0 Å². The molecule has 0 bridgehead atoms. The molecule has 1 heterocycles. The van der Waals surface area contributed by atoms with Crippen LogP contribution in [0.1, 0.15) is 23.2 Å². The van der Waals surface area contributed by atoms with Gasteiger partial charge in [-0.25, -0.2) is 0 Å². The van der Waals surface area contributed by atoms with E-state index in [1.807, 2.05) is 0 Å². The third kappa shape index (κ3) is 3.00. The van der Waals surface area contributed by atoms with E-state index in [0.717, 1.165) is 12.8 Å². The topological polar surface area (TPSA) is 115 Å². The molecular weight excluding hydrogens is 284 g/mol. The number of nitro groups is 1. The summed E-state index contributed by atoms with van der Waals surface area (Å²) in [4.78, 5) is 24.2. The van der Waals surface area contributed by atoms with Crippen molar-refractivity contribution >= 4 is 29.7 Å². The van der Waals surface area contributed by atoms with Crippen LogP contribution >= 0.6 is 12.4 Å². The number of nitro benzene ring substituents is 1. The molecule has 1 aliphatic heterocycles. The number of benzene rings is 1. The standard InChI is InChI=1S/C12H16N4O3.ClH/c13-7-9-2-1-5-15(9)12(17)8-3-4-10(14)11(6-8)16(18)19;/h3-4,6,9H,1-2,5,7,13-14H2;1H. The van der Waals surface area contributed by atoms with Crippen LogP contribution in [0, 0.1) is 10.1 Å². The molecule has 1 amide bonds. The van der Waals surface area contributed by atoms with E-state index in [1.165, 1.54) is 18.2 Å². The molecule has 1 aliphatic rings. The zero-order valence-electron chi connectivity index (χ0n) is 10.8. The second-order valence-electron chi connectivity index (χ2n) is 4.56. The minimum atomic E-state index is -0.587. The third-order valence-electron chi connectivity index (χ3n) is 3.38. The van der Waals surface area contributed by atoms with Crippen molar-refractivity contribution in [3.63, 3.8) is 0 Å². The molecule has 0 aliphatic carbocycles. The predicted octanol–water partition coefficient (Wildman–Crippen LogP) is 1.16. The van der Waals surface area contributed by atoms with Gasteiger partial charge in [0, 0.05) is 30.8 Å². The predicted molar refractivity (Wildman–Crippen MR) is 77.9 cm³/mol. The van der Waals surface area contributed by atoms with Gasteiger partial charge in [0.1, 0.15) is 5.69 Å². The molecule has 1 unspecified atom stereocenters. The highest BCUT2D eigenvalue weighted by atomic mass is 35.5. The second-order valence-corrected chi connectivity index (χ2v) is 4.56. The van der Waals surface area contributed by atoms with Crippen LogP contribution in [0.15, 0.2) is 18.2 Å². The van der Waals surface area contributed by atoms with Gasteiger partial charge in [-0.3, -0.25) is 14.9 Å². The Morgan fingerprint density at radius 3 is 2.80 bits per heavy atom. The molecule has 0 aromatic heterocycles. The number of hydrogen-bond donors (Lipinski definition) is 2. The van der Waals surface area contributed by atoms with Gasteiger partial charge >= 0.3 is 0 Å². The number of nitrogens with zero attached hydrogens (tertiary/aromatic N) is 2. The molecule has 0 spiro atoms. The Balaban J connectivity index is 0.00000200. The largest absolute Gasteiger partial charge is 0.393 e. The van der Waals surface area contributed by atoms with Crippen molar-refractivity contribution < 1.29 is 9.72 Å². The Hall–Kier alpha value is -1.86. The molecule has 7 nitrogen and oxygen atoms in total. The molecule has 1 saturated heterocycles. The number of likely N-dealkylation sites (tertiary alicyclic amines) is 1. The number of hydrogen-bond acceptors (Lipinski definition) is 5. The first-order chi connectivity index (χ1) is 9.04. The number of amides is 1. The number of carbonyl (C=O) groups excluding carboxylic acids is 1. The summed E-state index contributed by atoms with van der Waals surface area (Å²) in [5.41, 5.74) is 11.2. The van der Waals surface area contributed by atoms with Crippen molar-refractivity contribution in [2.24, 2.45) is 5.73 Å². The van der Waals surface area contributed by atoms with Crippen LogP contribution in [0.2, 0.25) is 0 Å². The number of rotatable bonds is 3. The van der Waals surface area contributed by atoms with Gasteiger partial charge in [-0.1, -0.05) is 0 Å². The molecule has 4 N–H and O–H groups in total. The van der Waals surface area contributed by atoms with Crippen LogP contribution in [0.4, 0.5) is 11.4 Å². The Labute approximate surface area is 122 Å². The van der Waals surface area contributed by atoms with Crippen LogP contribution in [0.3, 0.4) is 0 Å². The number of nitrogens with two attached hydrogens (primary N) is 2. The van der Waals surface area contributed by atoms with E-state index in [-0.39, 0.29) is 41.3 Å². The maximum atomic E-state index is 12.3. The number of halogens is 1. The first-order valence-corrected chi connectivity index (χ1v) is 6.09. The Bertz CT molecular complexity index is 523. The Kier molecular flexibility index (Phi) is 5.29. The average Bonchev–Trinajstić information content (AvgIpc) is 2.86. The molecular formula is C12H17ClN4O3. The summed E-state index contributed by atoms with van der Waals surface area (Å²) >= 11 is 0. The normalized spacial score (nSPS) is 17.6. The first kappa shape index (κ1) is 16.2. The van der Waals surface area contributed by atoms with Gasteiger partial charge in [-0.15, -0.1) is 12.4 Å². The summed E-state index contributed by atoms with van der Waals surface area (Å²) in [6.07, 6.45) is 1.78. The van der Waals surface area contributed by atoms with E-state index < -0.39 is 4.92 Å². The van der Waals surface area contributed by atoms with E-state index in [0.29, 0.717) is 13.1 Å². The van der Waals surface area contributed by atoms with E-state index in [2.05, 4.69) is 0 Å². The highest BCUT2D eigenvalue weighted by Gasteiger charge is 2.29. The summed E-state index contributed by atoms with van der Waals surface area (Å²) in [6.45, 7) is 1.04. The lowest BCUT2D eigenvalue weighted by atomic mass is 10.1. The summed E-state index contributed by atoms with van der Waals surface area (Å²) < 4.78 is 0. The van der Waals surface area contributed by atoms with Crippen LogP contribution in [-0.2, 0) is 0 Å². The summed E-state index contributed by atoms with van der Waals surface area (Å²) in [5, 5.41) is 10.8. The molecule has 1 atom stereocenters. The summed E-state index contributed by atoms with van der Waals surface area (Å²) in [5.74, 6) is -0.226. The second kappa shape index (κ2) is 6.53. The zero-order valence-corrected chi connectivity index (χ0v) is 11.6. The molecule has 1 fully saturated rings. The third-order valence-corrected chi connectivity index (χ3v) is 3.38. The minimum Gasteiger partial charge on any atom is -0.393 e. The number of nitrogen functional groups attached to an aromatic ring is 1. The molecule has 0 radical (unpaired) electrons. The maximum absolute atomic E-state index is 12.3. The van der Waals surface area contributed by atoms with E-state index in [9.17, 15) is 14.9 Å². The summed E-state index contributed by atoms with van der Waals surface area (Å²) in [7, 11) is 0. The fourth-order valence-corrected chi connectivity index (χ4v) is 2.35. The van der Waals surface area contributed by atoms with Gasteiger partial charge in [-0.2, -0.15) is 0 Å². The van der Waals surface area contributed by atoms with E-state index >= 15 is 0 Å². The smallest absolute Gasteiger partial charge is 0.292 e. The molecule has 2 rings (SSSR count). The zero-order chi connectivity index (χ0) is 14.0. The van der Waals surface area contributed by atoms with Crippen molar-refractivity contribution in [1.82, 2.24) is 4.90 Å². The lowest BCUT2D eigenvalue weighted by Gasteiger charge is -2.23. The maximum Gasteiger partial charge on any atom is 0.292 e. The van der Waals surface area contributed by atoms with Crippen molar-refractivity contribution in [2.75, 3.05) is 18.8 Å². The Morgan fingerprint density at radius 1 is 1.50 bits per heavy atom. The molecule has 20 heavy (non-hydrogen) atoms. The highest BCUT2D eigenvalue weighted by molar-refractivity contribution is 5.96. The quantitative estimate of drug-likeness (QED) is 0.494. The average molecular weight is 301 g/mol. The van der Waals surface area contributed by atoms with Crippen molar-refractivity contribution in [3.05, 3.63) is 33.9 Å². The lowest BCUT2D eigenvalue weighted by molar-refractivity contribution is -0.383. The molecule has 1 aromatic rings. The van der Waals surface area contributed by atoms with Gasteiger partial charge in [0.15, 0.2) is 0 Å². The minimum absolute atomic E-state index is 0. The van der Waals surface area contributed by atoms with Crippen LogP contribution in [0.5, 0.6) is 0 Å². The summed E-state index contributed by atoms with van der Waals surface area (Å²) in [6, 6.07) is 4.14. The first-order valence-electron chi connectivity index (χ1n) is 6.09. The van der Waals surface area contributed by atoms with Crippen LogP contribution in [0.25, 0.3) is 0 Å². The monoisotopic (exact) mass is 300 g/mol.